The van der Waals surface area contributed by atoms with Crippen molar-refractivity contribution in [3.63, 3.8) is 0 Å². The minimum atomic E-state index is 0.143. The molecule has 3 nitrogen and oxygen atoms in total. The van der Waals surface area contributed by atoms with Crippen LogP contribution in [0, 0.1) is 0 Å². The van der Waals surface area contributed by atoms with Crippen molar-refractivity contribution in [2.75, 3.05) is 6.54 Å². The number of carbonyl (C=O) groups is 1. The molecule has 0 aliphatic carbocycles. The largest absolute Gasteiger partial charge is 0.274 e. The number of halogens is 1. The van der Waals surface area contributed by atoms with Crippen molar-refractivity contribution in [2.24, 2.45) is 0 Å². The van der Waals surface area contributed by atoms with Crippen molar-refractivity contribution >= 4 is 17.5 Å². The fraction of sp³-hybridized carbons (Fsp3) is 0.300. The summed E-state index contributed by atoms with van der Waals surface area (Å²) in [6.45, 7) is 1.32. The number of hydrogen-bond donors (Lipinski definition) is 1. The maximum atomic E-state index is 11.3. The molecule has 1 fully saturated rings. The van der Waals surface area contributed by atoms with E-state index in [9.17, 15) is 4.79 Å². The second-order valence-corrected chi connectivity index (χ2v) is 3.70. The first-order valence-corrected chi connectivity index (χ1v) is 4.92. The zero-order valence-electron chi connectivity index (χ0n) is 7.66. The molecule has 0 aromatic heterocycles. The van der Waals surface area contributed by atoms with Crippen LogP contribution in [0.2, 0.25) is 5.02 Å². The van der Waals surface area contributed by atoms with Gasteiger partial charge in [-0.1, -0.05) is 23.7 Å². The molecular formula is C10H11ClN2O. The van der Waals surface area contributed by atoms with E-state index in [-0.39, 0.29) is 5.91 Å². The molecule has 0 spiro atoms. The molecule has 0 atom stereocenters. The van der Waals surface area contributed by atoms with Gasteiger partial charge < -0.3 is 0 Å². The minimum absolute atomic E-state index is 0.143. The van der Waals surface area contributed by atoms with Crippen molar-refractivity contribution < 1.29 is 4.79 Å². The third-order valence-electron chi connectivity index (χ3n) is 2.17. The Morgan fingerprint density at radius 3 is 3.00 bits per heavy atom. The Kier molecular flexibility index (Phi) is 2.70. The van der Waals surface area contributed by atoms with Crippen molar-refractivity contribution in [1.29, 1.82) is 0 Å². The van der Waals surface area contributed by atoms with Gasteiger partial charge in [-0.25, -0.2) is 5.43 Å². The Bertz CT molecular complexity index is 354. The average Bonchev–Trinajstić information content (AvgIpc) is 2.52. The highest BCUT2D eigenvalue weighted by atomic mass is 35.5. The zero-order chi connectivity index (χ0) is 9.97. The van der Waals surface area contributed by atoms with Crippen LogP contribution in [0.25, 0.3) is 0 Å². The number of hydrogen-bond acceptors (Lipinski definition) is 2. The van der Waals surface area contributed by atoms with Gasteiger partial charge >= 0.3 is 0 Å². The lowest BCUT2D eigenvalue weighted by Gasteiger charge is -2.15. The van der Waals surface area contributed by atoms with Crippen LogP contribution in [0.15, 0.2) is 24.3 Å². The number of nitrogens with zero attached hydrogens (tertiary/aromatic N) is 1. The highest BCUT2D eigenvalue weighted by molar-refractivity contribution is 6.30. The Labute approximate surface area is 87.6 Å². The van der Waals surface area contributed by atoms with Gasteiger partial charge in [0.15, 0.2) is 0 Å². The SMILES string of the molecule is O=C1CCNN1Cc1cccc(Cl)c1. The first-order valence-electron chi connectivity index (χ1n) is 4.54. The number of carbonyl (C=O) groups excluding carboxylic acids is 1. The van der Waals surface area contributed by atoms with Gasteiger partial charge in [0, 0.05) is 18.0 Å². The Hall–Kier alpha value is -1.06. The van der Waals surface area contributed by atoms with Gasteiger partial charge in [0.2, 0.25) is 5.91 Å². The fourth-order valence-electron chi connectivity index (χ4n) is 1.48. The van der Waals surface area contributed by atoms with E-state index in [0.717, 1.165) is 12.1 Å². The number of hydrazine groups is 1. The monoisotopic (exact) mass is 210 g/mol. The van der Waals surface area contributed by atoms with Gasteiger partial charge in [0.25, 0.3) is 0 Å². The van der Waals surface area contributed by atoms with E-state index in [4.69, 9.17) is 11.6 Å². The Morgan fingerprint density at radius 2 is 2.36 bits per heavy atom. The van der Waals surface area contributed by atoms with Gasteiger partial charge in [0.05, 0.1) is 6.54 Å². The quantitative estimate of drug-likeness (QED) is 0.804. The van der Waals surface area contributed by atoms with Gasteiger partial charge in [-0.2, -0.15) is 0 Å². The molecule has 0 bridgehead atoms. The Balaban J connectivity index is 2.07. The molecule has 1 N–H and O–H groups in total. The summed E-state index contributed by atoms with van der Waals surface area (Å²) in [7, 11) is 0. The first kappa shape index (κ1) is 9.49. The van der Waals surface area contributed by atoms with Crippen molar-refractivity contribution in [1.82, 2.24) is 10.4 Å². The van der Waals surface area contributed by atoms with Gasteiger partial charge in [-0.05, 0) is 17.7 Å². The molecular weight excluding hydrogens is 200 g/mol. The second kappa shape index (κ2) is 3.98. The van der Waals surface area contributed by atoms with Crippen LogP contribution in [0.4, 0.5) is 0 Å². The predicted octanol–water partition coefficient (Wildman–Crippen LogP) is 1.58. The van der Waals surface area contributed by atoms with Crippen LogP contribution in [0.5, 0.6) is 0 Å². The predicted molar refractivity (Wildman–Crippen MR) is 54.6 cm³/mol. The van der Waals surface area contributed by atoms with Crippen molar-refractivity contribution in [3.8, 4) is 0 Å². The topological polar surface area (TPSA) is 32.3 Å². The van der Waals surface area contributed by atoms with E-state index >= 15 is 0 Å². The summed E-state index contributed by atoms with van der Waals surface area (Å²) in [5.74, 6) is 0.143. The average molecular weight is 211 g/mol. The molecule has 0 unspecified atom stereocenters. The molecule has 1 aliphatic rings. The smallest absolute Gasteiger partial charge is 0.238 e. The fourth-order valence-corrected chi connectivity index (χ4v) is 1.70. The Morgan fingerprint density at radius 1 is 1.50 bits per heavy atom. The second-order valence-electron chi connectivity index (χ2n) is 3.27. The summed E-state index contributed by atoms with van der Waals surface area (Å²) in [6.07, 6.45) is 0.584. The summed E-state index contributed by atoms with van der Waals surface area (Å²) < 4.78 is 0. The summed E-state index contributed by atoms with van der Waals surface area (Å²) in [5.41, 5.74) is 4.06. The molecule has 4 heteroatoms. The van der Waals surface area contributed by atoms with Crippen LogP contribution < -0.4 is 5.43 Å². The number of amides is 1. The zero-order valence-corrected chi connectivity index (χ0v) is 8.42. The molecule has 1 saturated heterocycles. The van der Waals surface area contributed by atoms with E-state index in [1.807, 2.05) is 24.3 Å². The normalized spacial score (nSPS) is 16.4. The maximum Gasteiger partial charge on any atom is 0.238 e. The molecule has 1 aromatic carbocycles. The van der Waals surface area contributed by atoms with Crippen LogP contribution in [0.1, 0.15) is 12.0 Å². The van der Waals surface area contributed by atoms with Crippen LogP contribution in [-0.4, -0.2) is 17.5 Å². The van der Waals surface area contributed by atoms with E-state index < -0.39 is 0 Å². The van der Waals surface area contributed by atoms with Gasteiger partial charge in [-0.3, -0.25) is 9.80 Å². The van der Waals surface area contributed by atoms with Crippen LogP contribution in [-0.2, 0) is 11.3 Å². The lowest BCUT2D eigenvalue weighted by Crippen LogP contribution is -2.33. The summed E-state index contributed by atoms with van der Waals surface area (Å²) in [5, 5.41) is 2.33. The lowest BCUT2D eigenvalue weighted by atomic mass is 10.2. The summed E-state index contributed by atoms with van der Waals surface area (Å²) in [4.78, 5) is 11.3. The van der Waals surface area contributed by atoms with Crippen LogP contribution in [0.3, 0.4) is 0 Å². The maximum absolute atomic E-state index is 11.3. The third kappa shape index (κ3) is 2.05. The third-order valence-corrected chi connectivity index (χ3v) is 2.41. The molecule has 74 valence electrons. The highest BCUT2D eigenvalue weighted by Crippen LogP contribution is 2.13. The molecule has 2 rings (SSSR count). The minimum Gasteiger partial charge on any atom is -0.274 e. The number of rotatable bonds is 2. The van der Waals surface area contributed by atoms with Gasteiger partial charge in [0.1, 0.15) is 0 Å². The van der Waals surface area contributed by atoms with E-state index in [1.54, 1.807) is 5.01 Å². The molecule has 1 aromatic rings. The van der Waals surface area contributed by atoms with E-state index in [1.165, 1.54) is 0 Å². The van der Waals surface area contributed by atoms with Gasteiger partial charge in [-0.15, -0.1) is 0 Å². The first-order chi connectivity index (χ1) is 6.75. The number of nitrogens with one attached hydrogen (secondary N) is 1. The van der Waals surface area contributed by atoms with Crippen molar-refractivity contribution in [2.45, 2.75) is 13.0 Å². The molecule has 14 heavy (non-hydrogen) atoms. The molecule has 0 radical (unpaired) electrons. The standard InChI is InChI=1S/C10H11ClN2O/c11-9-3-1-2-8(6-9)7-13-10(14)4-5-12-13/h1-3,6,12H,4-5,7H2. The van der Waals surface area contributed by atoms with Crippen LogP contribution >= 0.6 is 11.6 Å². The molecule has 1 aliphatic heterocycles. The van der Waals surface area contributed by atoms with E-state index in [2.05, 4.69) is 5.43 Å². The van der Waals surface area contributed by atoms with Crippen molar-refractivity contribution in [3.05, 3.63) is 34.9 Å². The summed E-state index contributed by atoms with van der Waals surface area (Å²) >= 11 is 5.84. The highest BCUT2D eigenvalue weighted by Gasteiger charge is 2.19. The molecule has 0 saturated carbocycles. The summed E-state index contributed by atoms with van der Waals surface area (Å²) in [6, 6.07) is 7.54. The number of benzene rings is 1. The lowest BCUT2D eigenvalue weighted by molar-refractivity contribution is -0.130. The van der Waals surface area contributed by atoms with E-state index in [0.29, 0.717) is 18.0 Å². The molecule has 1 amide bonds. The molecule has 1 heterocycles.